The Hall–Kier alpha value is -0.860. The van der Waals surface area contributed by atoms with E-state index in [1.165, 1.54) is 63.6 Å². The maximum absolute atomic E-state index is 10.4. The van der Waals surface area contributed by atoms with Crippen molar-refractivity contribution in [2.75, 3.05) is 19.6 Å². The summed E-state index contributed by atoms with van der Waals surface area (Å²) in [5.74, 6) is 1.40. The number of hydrogen-bond donors (Lipinski definition) is 1. The van der Waals surface area contributed by atoms with E-state index in [1.807, 2.05) is 0 Å². The molecule has 1 aliphatic heterocycles. The molecule has 116 valence electrons. The Morgan fingerprint density at radius 3 is 2.33 bits per heavy atom. The van der Waals surface area contributed by atoms with E-state index in [0.717, 1.165) is 12.5 Å². The largest absolute Gasteiger partial charge is 0.392 e. The molecule has 3 rings (SSSR count). The van der Waals surface area contributed by atoms with Gasteiger partial charge in [-0.05, 0) is 62.6 Å². The Bertz CT molecular complexity index is 405. The van der Waals surface area contributed by atoms with Gasteiger partial charge in [0.15, 0.2) is 0 Å². The predicted octanol–water partition coefficient (Wildman–Crippen LogP) is 3.49. The van der Waals surface area contributed by atoms with Crippen LogP contribution in [0.3, 0.4) is 0 Å². The van der Waals surface area contributed by atoms with Crippen LogP contribution in [0.25, 0.3) is 0 Å². The van der Waals surface area contributed by atoms with E-state index in [0.29, 0.717) is 5.92 Å². The monoisotopic (exact) mass is 287 g/mol. The Morgan fingerprint density at radius 1 is 1.00 bits per heavy atom. The van der Waals surface area contributed by atoms with Crippen LogP contribution in [0.2, 0.25) is 0 Å². The summed E-state index contributed by atoms with van der Waals surface area (Å²) in [6.45, 7) is 3.24. The molecule has 1 saturated carbocycles. The molecule has 0 bridgehead atoms. The molecule has 1 heterocycles. The first kappa shape index (κ1) is 15.1. The van der Waals surface area contributed by atoms with Gasteiger partial charge in [0.05, 0.1) is 6.10 Å². The van der Waals surface area contributed by atoms with Crippen molar-refractivity contribution < 1.29 is 5.11 Å². The molecule has 0 spiro atoms. The maximum Gasteiger partial charge on any atom is 0.0695 e. The average Bonchev–Trinajstić information content (AvgIpc) is 3.05. The van der Waals surface area contributed by atoms with Gasteiger partial charge in [-0.1, -0.05) is 43.2 Å². The SMILES string of the molecule is OC(CN1CCC(Cc2ccccc2)CC1)C1CCCC1. The van der Waals surface area contributed by atoms with E-state index in [1.54, 1.807) is 0 Å². The summed E-state index contributed by atoms with van der Waals surface area (Å²) in [5, 5.41) is 10.4. The van der Waals surface area contributed by atoms with Gasteiger partial charge in [-0.3, -0.25) is 0 Å². The van der Waals surface area contributed by atoms with Crippen molar-refractivity contribution in [3.63, 3.8) is 0 Å². The van der Waals surface area contributed by atoms with Gasteiger partial charge in [-0.15, -0.1) is 0 Å². The summed E-state index contributed by atoms with van der Waals surface area (Å²) in [4.78, 5) is 2.49. The standard InChI is InChI=1S/C19H29NO/c21-19(18-8-4-5-9-18)15-20-12-10-17(11-13-20)14-16-6-2-1-3-7-16/h1-3,6-7,17-19,21H,4-5,8-15H2. The molecule has 0 radical (unpaired) electrons. The highest BCUT2D eigenvalue weighted by Crippen LogP contribution is 2.29. The molecule has 1 N–H and O–H groups in total. The fourth-order valence-corrected chi connectivity index (χ4v) is 4.08. The Morgan fingerprint density at radius 2 is 1.67 bits per heavy atom. The highest BCUT2D eigenvalue weighted by Gasteiger charge is 2.27. The van der Waals surface area contributed by atoms with Gasteiger partial charge < -0.3 is 10.0 Å². The fourth-order valence-electron chi connectivity index (χ4n) is 4.08. The number of nitrogens with zero attached hydrogens (tertiary/aromatic N) is 1. The van der Waals surface area contributed by atoms with Crippen molar-refractivity contribution in [1.29, 1.82) is 0 Å². The van der Waals surface area contributed by atoms with Crippen molar-refractivity contribution >= 4 is 0 Å². The van der Waals surface area contributed by atoms with Crippen LogP contribution in [0.5, 0.6) is 0 Å². The molecule has 2 nitrogen and oxygen atoms in total. The second-order valence-electron chi connectivity index (χ2n) is 7.05. The van der Waals surface area contributed by atoms with E-state index in [9.17, 15) is 5.11 Å². The van der Waals surface area contributed by atoms with Crippen LogP contribution < -0.4 is 0 Å². The quantitative estimate of drug-likeness (QED) is 0.896. The van der Waals surface area contributed by atoms with Crippen molar-refractivity contribution in [1.82, 2.24) is 4.90 Å². The number of piperidine rings is 1. The second kappa shape index (κ2) is 7.42. The van der Waals surface area contributed by atoms with E-state index >= 15 is 0 Å². The first-order valence-electron chi connectivity index (χ1n) is 8.75. The summed E-state index contributed by atoms with van der Waals surface area (Å²) in [5.41, 5.74) is 1.47. The van der Waals surface area contributed by atoms with Crippen LogP contribution in [0.4, 0.5) is 0 Å². The third-order valence-corrected chi connectivity index (χ3v) is 5.46. The number of likely N-dealkylation sites (tertiary alicyclic amines) is 1. The zero-order chi connectivity index (χ0) is 14.5. The third-order valence-electron chi connectivity index (χ3n) is 5.46. The molecule has 21 heavy (non-hydrogen) atoms. The van der Waals surface area contributed by atoms with Crippen molar-refractivity contribution in [3.05, 3.63) is 35.9 Å². The summed E-state index contributed by atoms with van der Waals surface area (Å²) in [6, 6.07) is 10.9. The maximum atomic E-state index is 10.4. The van der Waals surface area contributed by atoms with Crippen LogP contribution in [-0.2, 0) is 6.42 Å². The first-order valence-corrected chi connectivity index (χ1v) is 8.75. The predicted molar refractivity (Wildman–Crippen MR) is 87.3 cm³/mol. The summed E-state index contributed by atoms with van der Waals surface area (Å²) >= 11 is 0. The molecule has 2 fully saturated rings. The molecule has 1 aromatic rings. The Balaban J connectivity index is 1.40. The molecule has 1 aromatic carbocycles. The summed E-state index contributed by atoms with van der Waals surface area (Å²) in [6.07, 6.45) is 8.83. The number of rotatable bonds is 5. The zero-order valence-corrected chi connectivity index (χ0v) is 13.1. The normalized spacial score (nSPS) is 23.5. The minimum Gasteiger partial charge on any atom is -0.392 e. The van der Waals surface area contributed by atoms with Crippen LogP contribution in [-0.4, -0.2) is 35.7 Å². The lowest BCUT2D eigenvalue weighted by atomic mass is 9.89. The highest BCUT2D eigenvalue weighted by atomic mass is 16.3. The summed E-state index contributed by atoms with van der Waals surface area (Å²) < 4.78 is 0. The van der Waals surface area contributed by atoms with Gasteiger partial charge in [0.2, 0.25) is 0 Å². The lowest BCUT2D eigenvalue weighted by molar-refractivity contribution is 0.0516. The van der Waals surface area contributed by atoms with Gasteiger partial charge in [0.25, 0.3) is 0 Å². The van der Waals surface area contributed by atoms with Gasteiger partial charge in [-0.2, -0.15) is 0 Å². The smallest absolute Gasteiger partial charge is 0.0695 e. The van der Waals surface area contributed by atoms with Crippen molar-refractivity contribution in [3.8, 4) is 0 Å². The number of hydrogen-bond acceptors (Lipinski definition) is 2. The summed E-state index contributed by atoms with van der Waals surface area (Å²) in [7, 11) is 0. The molecule has 2 aliphatic rings. The first-order chi connectivity index (χ1) is 10.3. The molecule has 1 saturated heterocycles. The number of β-amino-alcohol motifs (C(OH)–C–C–N with tert-alkyl or cyclic N) is 1. The van der Waals surface area contributed by atoms with Crippen molar-refractivity contribution in [2.45, 2.75) is 51.0 Å². The van der Waals surface area contributed by atoms with Gasteiger partial charge in [0.1, 0.15) is 0 Å². The highest BCUT2D eigenvalue weighted by molar-refractivity contribution is 5.15. The van der Waals surface area contributed by atoms with Crippen molar-refractivity contribution in [2.24, 2.45) is 11.8 Å². The number of benzene rings is 1. The van der Waals surface area contributed by atoms with Gasteiger partial charge in [0, 0.05) is 6.54 Å². The molecule has 0 amide bonds. The molecule has 0 aromatic heterocycles. The van der Waals surface area contributed by atoms with E-state index in [2.05, 4.69) is 35.2 Å². The number of aliphatic hydroxyl groups is 1. The minimum atomic E-state index is -0.0850. The van der Waals surface area contributed by atoms with Crippen LogP contribution in [0, 0.1) is 11.8 Å². The van der Waals surface area contributed by atoms with E-state index in [-0.39, 0.29) is 6.10 Å². The zero-order valence-electron chi connectivity index (χ0n) is 13.1. The lowest BCUT2D eigenvalue weighted by Gasteiger charge is -2.34. The third kappa shape index (κ3) is 4.31. The Labute approximate surface area is 129 Å². The molecule has 1 atom stereocenters. The molecular weight excluding hydrogens is 258 g/mol. The topological polar surface area (TPSA) is 23.5 Å². The van der Waals surface area contributed by atoms with Crippen LogP contribution in [0.15, 0.2) is 30.3 Å². The second-order valence-corrected chi connectivity index (χ2v) is 7.05. The fraction of sp³-hybridized carbons (Fsp3) is 0.684. The minimum absolute atomic E-state index is 0.0850. The van der Waals surface area contributed by atoms with E-state index in [4.69, 9.17) is 0 Å². The van der Waals surface area contributed by atoms with Crippen LogP contribution >= 0.6 is 0 Å². The van der Waals surface area contributed by atoms with Crippen LogP contribution in [0.1, 0.15) is 44.1 Å². The molecule has 1 unspecified atom stereocenters. The van der Waals surface area contributed by atoms with E-state index < -0.39 is 0 Å². The average molecular weight is 287 g/mol. The van der Waals surface area contributed by atoms with Gasteiger partial charge >= 0.3 is 0 Å². The molecule has 2 heteroatoms. The van der Waals surface area contributed by atoms with Gasteiger partial charge in [-0.25, -0.2) is 0 Å². The Kier molecular flexibility index (Phi) is 5.32. The molecular formula is C19H29NO. The lowest BCUT2D eigenvalue weighted by Crippen LogP contribution is -2.41. The molecule has 1 aliphatic carbocycles. The number of aliphatic hydroxyl groups excluding tert-OH is 1.